The van der Waals surface area contributed by atoms with E-state index in [0.29, 0.717) is 0 Å². The van der Waals surface area contributed by atoms with Gasteiger partial charge in [0.2, 0.25) is 0 Å². The lowest BCUT2D eigenvalue weighted by Gasteiger charge is -2.00. The fourth-order valence-corrected chi connectivity index (χ4v) is 2.83. The van der Waals surface area contributed by atoms with E-state index < -0.39 is 0 Å². The molecule has 1 heterocycles. The lowest BCUT2D eigenvalue weighted by Crippen LogP contribution is -1.94. The third-order valence-corrected chi connectivity index (χ3v) is 3.45. The minimum absolute atomic E-state index is 0.989. The molecule has 0 aliphatic rings. The molecule has 3 heteroatoms. The van der Waals surface area contributed by atoms with Crippen molar-refractivity contribution in [2.45, 2.75) is 19.9 Å². The number of benzene rings is 1. The monoisotopic (exact) mass is 209 g/mol. The maximum Gasteiger partial charge on any atom is 0.162 e. The SMILES string of the molecule is CCCn1c(=S)sc2ccccc21. The molecule has 0 radical (unpaired) electrons. The van der Waals surface area contributed by atoms with Crippen molar-refractivity contribution >= 4 is 33.8 Å². The van der Waals surface area contributed by atoms with Gasteiger partial charge in [-0.15, -0.1) is 11.3 Å². The molecule has 0 fully saturated rings. The van der Waals surface area contributed by atoms with Crippen LogP contribution in [0.25, 0.3) is 10.2 Å². The summed E-state index contributed by atoms with van der Waals surface area (Å²) in [6, 6.07) is 8.39. The average Bonchev–Trinajstić information content (AvgIpc) is 2.44. The van der Waals surface area contributed by atoms with Crippen LogP contribution < -0.4 is 0 Å². The molecular weight excluding hydrogens is 198 g/mol. The predicted molar refractivity (Wildman–Crippen MR) is 60.9 cm³/mol. The Kier molecular flexibility index (Phi) is 2.47. The summed E-state index contributed by atoms with van der Waals surface area (Å²) >= 11 is 7.00. The van der Waals surface area contributed by atoms with Gasteiger partial charge in [0.1, 0.15) is 0 Å². The number of thiazole rings is 1. The molecule has 0 amide bonds. The highest BCUT2D eigenvalue weighted by atomic mass is 32.1. The van der Waals surface area contributed by atoms with Crippen LogP contribution in [0.3, 0.4) is 0 Å². The highest BCUT2D eigenvalue weighted by molar-refractivity contribution is 7.73. The number of nitrogens with zero attached hydrogens (tertiary/aromatic N) is 1. The Morgan fingerprint density at radius 3 is 2.92 bits per heavy atom. The average molecular weight is 209 g/mol. The molecule has 1 aromatic carbocycles. The van der Waals surface area contributed by atoms with Crippen LogP contribution in [0.4, 0.5) is 0 Å². The molecule has 1 aromatic heterocycles. The fraction of sp³-hybridized carbons (Fsp3) is 0.300. The highest BCUT2D eigenvalue weighted by Gasteiger charge is 2.01. The number of fused-ring (bicyclic) bond motifs is 1. The maximum atomic E-state index is 5.30. The Morgan fingerprint density at radius 1 is 1.38 bits per heavy atom. The molecule has 0 atom stereocenters. The molecule has 0 spiro atoms. The molecule has 0 aliphatic carbocycles. The Labute approximate surface area is 86.6 Å². The standard InChI is InChI=1S/C10H11NS2/c1-2-7-11-8-5-3-4-6-9(8)13-10(11)12/h3-6H,2,7H2,1H3. The minimum atomic E-state index is 0.989. The van der Waals surface area contributed by atoms with Crippen LogP contribution in [0.15, 0.2) is 24.3 Å². The Morgan fingerprint density at radius 2 is 2.15 bits per heavy atom. The molecule has 1 nitrogen and oxygen atoms in total. The van der Waals surface area contributed by atoms with Crippen molar-refractivity contribution in [2.75, 3.05) is 0 Å². The quantitative estimate of drug-likeness (QED) is 0.680. The summed E-state index contributed by atoms with van der Waals surface area (Å²) in [7, 11) is 0. The summed E-state index contributed by atoms with van der Waals surface area (Å²) in [5.41, 5.74) is 1.28. The molecule has 13 heavy (non-hydrogen) atoms. The Bertz CT molecular complexity index is 467. The number of hydrogen-bond acceptors (Lipinski definition) is 2. The van der Waals surface area contributed by atoms with Gasteiger partial charge in [-0.25, -0.2) is 0 Å². The van der Waals surface area contributed by atoms with Crippen LogP contribution >= 0.6 is 23.6 Å². The first kappa shape index (κ1) is 8.91. The third-order valence-electron chi connectivity index (χ3n) is 2.02. The second kappa shape index (κ2) is 3.60. The van der Waals surface area contributed by atoms with Crippen molar-refractivity contribution in [1.29, 1.82) is 0 Å². The van der Waals surface area contributed by atoms with Crippen LogP contribution in [-0.4, -0.2) is 4.57 Å². The molecule has 0 saturated heterocycles. The normalized spacial score (nSPS) is 10.8. The minimum Gasteiger partial charge on any atom is -0.323 e. The lowest BCUT2D eigenvalue weighted by atomic mass is 10.3. The zero-order valence-electron chi connectivity index (χ0n) is 7.49. The Balaban J connectivity index is 2.71. The maximum absolute atomic E-state index is 5.30. The fourth-order valence-electron chi connectivity index (χ4n) is 1.45. The van der Waals surface area contributed by atoms with E-state index in [9.17, 15) is 0 Å². The van der Waals surface area contributed by atoms with E-state index in [4.69, 9.17) is 12.2 Å². The predicted octanol–water partition coefficient (Wildman–Crippen LogP) is 3.84. The van der Waals surface area contributed by atoms with Gasteiger partial charge in [-0.05, 0) is 30.8 Å². The first-order valence-corrected chi connectivity index (χ1v) is 5.64. The summed E-state index contributed by atoms with van der Waals surface area (Å²) in [6.07, 6.45) is 1.13. The smallest absolute Gasteiger partial charge is 0.162 e. The van der Waals surface area contributed by atoms with Crippen molar-refractivity contribution in [3.8, 4) is 0 Å². The Hall–Kier alpha value is -0.670. The molecule has 2 aromatic rings. The lowest BCUT2D eigenvalue weighted by molar-refractivity contribution is 0.701. The molecule has 0 N–H and O–H groups in total. The highest BCUT2D eigenvalue weighted by Crippen LogP contribution is 2.22. The van der Waals surface area contributed by atoms with Crippen molar-refractivity contribution < 1.29 is 0 Å². The largest absolute Gasteiger partial charge is 0.323 e. The van der Waals surface area contributed by atoms with E-state index in [-0.39, 0.29) is 0 Å². The second-order valence-corrected chi connectivity index (χ2v) is 4.66. The topological polar surface area (TPSA) is 4.93 Å². The van der Waals surface area contributed by atoms with E-state index in [1.165, 1.54) is 10.2 Å². The molecular formula is C10H11NS2. The van der Waals surface area contributed by atoms with Crippen molar-refractivity contribution in [1.82, 2.24) is 4.57 Å². The van der Waals surface area contributed by atoms with E-state index in [0.717, 1.165) is 16.9 Å². The van der Waals surface area contributed by atoms with Gasteiger partial charge in [0, 0.05) is 6.54 Å². The summed E-state index contributed by atoms with van der Waals surface area (Å²) in [5, 5.41) is 0. The van der Waals surface area contributed by atoms with Gasteiger partial charge in [0.25, 0.3) is 0 Å². The van der Waals surface area contributed by atoms with Crippen LogP contribution in [0.2, 0.25) is 0 Å². The third kappa shape index (κ3) is 1.54. The van der Waals surface area contributed by atoms with Gasteiger partial charge in [-0.2, -0.15) is 0 Å². The van der Waals surface area contributed by atoms with Gasteiger partial charge in [-0.1, -0.05) is 19.1 Å². The van der Waals surface area contributed by atoms with Crippen LogP contribution in [0, 0.1) is 3.95 Å². The number of aryl methyl sites for hydroxylation is 1. The molecule has 2 rings (SSSR count). The first-order chi connectivity index (χ1) is 6.33. The van der Waals surface area contributed by atoms with E-state index in [2.05, 4.69) is 35.8 Å². The second-order valence-electron chi connectivity index (χ2n) is 2.99. The zero-order valence-corrected chi connectivity index (χ0v) is 9.12. The molecule has 0 unspecified atom stereocenters. The molecule has 0 bridgehead atoms. The van der Waals surface area contributed by atoms with Gasteiger partial charge in [0.15, 0.2) is 3.95 Å². The van der Waals surface area contributed by atoms with Crippen LogP contribution in [0.5, 0.6) is 0 Å². The van der Waals surface area contributed by atoms with Gasteiger partial charge < -0.3 is 4.57 Å². The number of hydrogen-bond donors (Lipinski definition) is 0. The van der Waals surface area contributed by atoms with Crippen molar-refractivity contribution in [3.05, 3.63) is 28.2 Å². The van der Waals surface area contributed by atoms with Gasteiger partial charge in [0.05, 0.1) is 10.2 Å². The van der Waals surface area contributed by atoms with E-state index in [1.807, 2.05) is 0 Å². The molecule has 68 valence electrons. The summed E-state index contributed by atoms with van der Waals surface area (Å²) in [6.45, 7) is 3.21. The first-order valence-electron chi connectivity index (χ1n) is 4.41. The molecule has 0 aliphatic heterocycles. The van der Waals surface area contributed by atoms with Crippen LogP contribution in [0.1, 0.15) is 13.3 Å². The van der Waals surface area contributed by atoms with Crippen molar-refractivity contribution in [2.24, 2.45) is 0 Å². The summed E-state index contributed by atoms with van der Waals surface area (Å²) in [4.78, 5) is 0. The number of rotatable bonds is 2. The summed E-state index contributed by atoms with van der Waals surface area (Å²) < 4.78 is 4.50. The van der Waals surface area contributed by atoms with Gasteiger partial charge in [-0.3, -0.25) is 0 Å². The van der Waals surface area contributed by atoms with Crippen molar-refractivity contribution in [3.63, 3.8) is 0 Å². The molecule has 0 saturated carbocycles. The zero-order chi connectivity index (χ0) is 9.26. The number of aromatic nitrogens is 1. The van der Waals surface area contributed by atoms with Crippen LogP contribution in [-0.2, 0) is 6.54 Å². The summed E-state index contributed by atoms with van der Waals surface area (Å²) in [5.74, 6) is 0. The van der Waals surface area contributed by atoms with E-state index in [1.54, 1.807) is 11.3 Å². The van der Waals surface area contributed by atoms with E-state index >= 15 is 0 Å². The number of para-hydroxylation sites is 1. The van der Waals surface area contributed by atoms with Gasteiger partial charge >= 0.3 is 0 Å².